The molecule has 1 fully saturated rings. The van der Waals surface area contributed by atoms with E-state index in [0.717, 1.165) is 53.9 Å². The maximum Gasteiger partial charge on any atom is 0.251 e. The van der Waals surface area contributed by atoms with Crippen molar-refractivity contribution in [2.75, 3.05) is 18.0 Å². The summed E-state index contributed by atoms with van der Waals surface area (Å²) in [5.74, 6) is 0.862. The first-order valence-corrected chi connectivity index (χ1v) is 10.5. The molecule has 0 radical (unpaired) electrons. The van der Waals surface area contributed by atoms with Gasteiger partial charge in [0.25, 0.3) is 5.91 Å². The van der Waals surface area contributed by atoms with E-state index < -0.39 is 0 Å². The first kappa shape index (κ1) is 18.8. The number of aromatic amines is 2. The molecule has 0 bridgehead atoms. The Morgan fingerprint density at radius 3 is 2.87 bits per heavy atom. The summed E-state index contributed by atoms with van der Waals surface area (Å²) in [5, 5.41) is 12.5. The highest BCUT2D eigenvalue weighted by molar-refractivity contribution is 6.30. The summed E-state index contributed by atoms with van der Waals surface area (Å²) in [4.78, 5) is 18.1. The number of piperidine rings is 1. The summed E-state index contributed by atoms with van der Waals surface area (Å²) in [6.07, 6.45) is 3.85. The maximum absolute atomic E-state index is 12.8. The number of carbonyl (C=O) groups excluding carboxylic acids is 1. The number of aromatic nitrogens is 3. The van der Waals surface area contributed by atoms with Crippen LogP contribution in [0.5, 0.6) is 0 Å². The van der Waals surface area contributed by atoms with Crippen LogP contribution in [0.1, 0.15) is 23.2 Å². The third-order valence-electron chi connectivity index (χ3n) is 5.62. The molecule has 3 heterocycles. The maximum atomic E-state index is 12.8. The fraction of sp³-hybridized carbons (Fsp3) is 0.217. The number of nitrogens with one attached hydrogen (secondary N) is 3. The van der Waals surface area contributed by atoms with Crippen molar-refractivity contribution in [3.63, 3.8) is 0 Å². The van der Waals surface area contributed by atoms with Gasteiger partial charge in [-0.2, -0.15) is 5.10 Å². The fourth-order valence-corrected chi connectivity index (χ4v) is 4.14. The molecular weight excluding hydrogens is 398 g/mol. The lowest BCUT2D eigenvalue weighted by atomic mass is 10.0. The average molecular weight is 420 g/mol. The number of rotatable bonds is 4. The third-order valence-corrected chi connectivity index (χ3v) is 5.87. The number of amides is 1. The Bertz CT molecular complexity index is 1180. The molecule has 1 aliphatic heterocycles. The molecule has 3 N–H and O–H groups in total. The number of anilines is 1. The molecule has 1 aliphatic rings. The van der Waals surface area contributed by atoms with Crippen LogP contribution in [0.3, 0.4) is 0 Å². The highest BCUT2D eigenvalue weighted by Gasteiger charge is 2.23. The standard InChI is InChI=1S/C23H22ClN5O/c24-18-6-3-15(4-7-18)21-13-22(28-27-21)29-11-1-2-19(14-29)26-23(30)17-5-8-20-16(12-17)9-10-25-20/h3-10,12-13,19,25H,1-2,11,14H2,(H,26,30)(H,27,28). The van der Waals surface area contributed by atoms with Gasteiger partial charge in [0.15, 0.2) is 5.82 Å². The summed E-state index contributed by atoms with van der Waals surface area (Å²) in [6, 6.07) is 17.5. The second kappa shape index (κ2) is 7.88. The fourth-order valence-electron chi connectivity index (χ4n) is 4.02. The minimum Gasteiger partial charge on any atom is -0.361 e. The third kappa shape index (κ3) is 3.78. The van der Waals surface area contributed by atoms with E-state index in [-0.39, 0.29) is 11.9 Å². The van der Waals surface area contributed by atoms with Gasteiger partial charge >= 0.3 is 0 Å². The second-order valence-corrected chi connectivity index (χ2v) is 8.12. The van der Waals surface area contributed by atoms with Crippen molar-refractivity contribution in [1.29, 1.82) is 0 Å². The normalized spacial score (nSPS) is 16.7. The van der Waals surface area contributed by atoms with E-state index in [1.165, 1.54) is 0 Å². The topological polar surface area (TPSA) is 76.8 Å². The Morgan fingerprint density at radius 2 is 2.00 bits per heavy atom. The van der Waals surface area contributed by atoms with Crippen LogP contribution in [0.4, 0.5) is 5.82 Å². The van der Waals surface area contributed by atoms with Crippen molar-refractivity contribution in [1.82, 2.24) is 20.5 Å². The van der Waals surface area contributed by atoms with Gasteiger partial charge in [-0.3, -0.25) is 9.89 Å². The molecule has 4 aromatic rings. The van der Waals surface area contributed by atoms with Crippen molar-refractivity contribution in [2.45, 2.75) is 18.9 Å². The minimum absolute atomic E-state index is 0.0335. The zero-order valence-electron chi connectivity index (χ0n) is 16.4. The zero-order valence-corrected chi connectivity index (χ0v) is 17.1. The SMILES string of the molecule is O=C(NC1CCCN(c2cc(-c3ccc(Cl)cc3)[nH]n2)C1)c1ccc2[nH]ccc2c1. The molecule has 5 rings (SSSR count). The van der Waals surface area contributed by atoms with E-state index >= 15 is 0 Å². The highest BCUT2D eigenvalue weighted by Crippen LogP contribution is 2.25. The number of halogens is 1. The van der Waals surface area contributed by atoms with Crippen LogP contribution in [-0.4, -0.2) is 40.2 Å². The van der Waals surface area contributed by atoms with Gasteiger partial charge in [-0.15, -0.1) is 0 Å². The van der Waals surface area contributed by atoms with E-state index in [4.69, 9.17) is 11.6 Å². The number of H-pyrrole nitrogens is 2. The zero-order chi connectivity index (χ0) is 20.5. The number of hydrogen-bond donors (Lipinski definition) is 3. The average Bonchev–Trinajstić information content (AvgIpc) is 3.44. The second-order valence-electron chi connectivity index (χ2n) is 7.69. The molecule has 0 aliphatic carbocycles. The Kier molecular flexibility index (Phi) is 4.93. The molecule has 0 spiro atoms. The molecule has 6 nitrogen and oxygen atoms in total. The van der Waals surface area contributed by atoms with Crippen LogP contribution >= 0.6 is 11.6 Å². The number of carbonyl (C=O) groups is 1. The van der Waals surface area contributed by atoms with Gasteiger partial charge in [0.1, 0.15) is 0 Å². The Morgan fingerprint density at radius 1 is 1.13 bits per heavy atom. The van der Waals surface area contributed by atoms with Gasteiger partial charge in [-0.25, -0.2) is 0 Å². The van der Waals surface area contributed by atoms with Crippen molar-refractivity contribution >= 4 is 34.2 Å². The molecule has 1 amide bonds. The summed E-state index contributed by atoms with van der Waals surface area (Å²) in [7, 11) is 0. The van der Waals surface area contributed by atoms with Crippen molar-refractivity contribution in [2.24, 2.45) is 0 Å². The van der Waals surface area contributed by atoms with Crippen LogP contribution in [0, 0.1) is 0 Å². The first-order valence-electron chi connectivity index (χ1n) is 10.1. The lowest BCUT2D eigenvalue weighted by Gasteiger charge is -2.33. The molecule has 1 atom stereocenters. The number of benzene rings is 2. The number of hydrogen-bond acceptors (Lipinski definition) is 3. The summed E-state index contributed by atoms with van der Waals surface area (Å²) in [6.45, 7) is 1.66. The molecule has 7 heteroatoms. The van der Waals surface area contributed by atoms with E-state index in [9.17, 15) is 4.79 Å². The van der Waals surface area contributed by atoms with Gasteiger partial charge in [0.2, 0.25) is 0 Å². The van der Waals surface area contributed by atoms with Gasteiger partial charge in [0, 0.05) is 52.9 Å². The van der Waals surface area contributed by atoms with E-state index in [1.807, 2.05) is 60.8 Å². The molecule has 152 valence electrons. The molecule has 0 saturated carbocycles. The molecule has 30 heavy (non-hydrogen) atoms. The van der Waals surface area contributed by atoms with E-state index in [0.29, 0.717) is 10.6 Å². The number of fused-ring (bicyclic) bond motifs is 1. The lowest BCUT2D eigenvalue weighted by Crippen LogP contribution is -2.48. The van der Waals surface area contributed by atoms with E-state index in [1.54, 1.807) is 0 Å². The Hall–Kier alpha value is -3.25. The van der Waals surface area contributed by atoms with Crippen LogP contribution in [0.2, 0.25) is 5.02 Å². The summed E-state index contributed by atoms with van der Waals surface area (Å²) < 4.78 is 0. The van der Waals surface area contributed by atoms with Crippen molar-refractivity contribution in [3.05, 3.63) is 71.4 Å². The lowest BCUT2D eigenvalue weighted by molar-refractivity contribution is 0.0933. The van der Waals surface area contributed by atoms with Gasteiger partial charge in [0.05, 0.1) is 5.69 Å². The van der Waals surface area contributed by atoms with E-state index in [2.05, 4.69) is 25.4 Å². The highest BCUT2D eigenvalue weighted by atomic mass is 35.5. The van der Waals surface area contributed by atoms with Crippen LogP contribution in [0.15, 0.2) is 60.8 Å². The molecule has 1 unspecified atom stereocenters. The van der Waals surface area contributed by atoms with Gasteiger partial charge in [-0.05, 0) is 54.8 Å². The van der Waals surface area contributed by atoms with Crippen molar-refractivity contribution in [3.8, 4) is 11.3 Å². The van der Waals surface area contributed by atoms with Gasteiger partial charge < -0.3 is 15.2 Å². The molecule has 1 saturated heterocycles. The van der Waals surface area contributed by atoms with Crippen LogP contribution < -0.4 is 10.2 Å². The summed E-state index contributed by atoms with van der Waals surface area (Å²) >= 11 is 5.98. The van der Waals surface area contributed by atoms with Crippen LogP contribution in [0.25, 0.3) is 22.2 Å². The molecule has 2 aromatic heterocycles. The number of nitrogens with zero attached hydrogens (tertiary/aromatic N) is 2. The minimum atomic E-state index is -0.0335. The molecule has 2 aromatic carbocycles. The quantitative estimate of drug-likeness (QED) is 0.452. The Labute approximate surface area is 179 Å². The molecular formula is C23H22ClN5O. The first-order chi connectivity index (χ1) is 14.7. The van der Waals surface area contributed by atoms with Crippen molar-refractivity contribution < 1.29 is 4.79 Å². The summed E-state index contributed by atoms with van der Waals surface area (Å²) in [5.41, 5.74) is 3.71. The Balaban J connectivity index is 1.26. The monoisotopic (exact) mass is 419 g/mol. The predicted molar refractivity (Wildman–Crippen MR) is 120 cm³/mol. The largest absolute Gasteiger partial charge is 0.361 e. The smallest absolute Gasteiger partial charge is 0.251 e. The van der Waals surface area contributed by atoms with Crippen LogP contribution in [-0.2, 0) is 0 Å². The van der Waals surface area contributed by atoms with Gasteiger partial charge in [-0.1, -0.05) is 23.7 Å². The predicted octanol–water partition coefficient (Wildman–Crippen LogP) is 4.61.